The second kappa shape index (κ2) is 16.0. The molecule has 0 unspecified atom stereocenters. The molecular weight excluding hydrogens is 605 g/mol. The van der Waals surface area contributed by atoms with E-state index in [0.717, 1.165) is 99.7 Å². The molecule has 8 nitrogen and oxygen atoms in total. The summed E-state index contributed by atoms with van der Waals surface area (Å²) in [4.78, 5) is 20.8. The number of anilines is 2. The van der Waals surface area contributed by atoms with E-state index in [1.54, 1.807) is 6.20 Å². The fraction of sp³-hybridized carbons (Fsp3) is 0.556. The van der Waals surface area contributed by atoms with Crippen LogP contribution in [0.2, 0.25) is 5.02 Å². The van der Waals surface area contributed by atoms with Crippen molar-refractivity contribution in [2.24, 2.45) is 5.92 Å². The highest BCUT2D eigenvalue weighted by Crippen LogP contribution is 2.35. The number of unbranched alkanes of at least 4 members (excludes halogenated alkanes) is 2. The van der Waals surface area contributed by atoms with Crippen LogP contribution in [0.25, 0.3) is 10.9 Å². The highest BCUT2D eigenvalue weighted by molar-refractivity contribution is 6.36. The molecular formula is C36H47ClFN5O3. The van der Waals surface area contributed by atoms with Gasteiger partial charge < -0.3 is 29.6 Å². The Morgan fingerprint density at radius 1 is 1.07 bits per heavy atom. The van der Waals surface area contributed by atoms with Crippen molar-refractivity contribution in [2.75, 3.05) is 49.2 Å². The van der Waals surface area contributed by atoms with Gasteiger partial charge in [0.2, 0.25) is 0 Å². The number of halogens is 2. The van der Waals surface area contributed by atoms with E-state index in [1.807, 2.05) is 25.1 Å². The van der Waals surface area contributed by atoms with E-state index in [-0.39, 0.29) is 30.0 Å². The van der Waals surface area contributed by atoms with Crippen LogP contribution in [0.4, 0.5) is 15.8 Å². The third-order valence-electron chi connectivity index (χ3n) is 9.37. The summed E-state index contributed by atoms with van der Waals surface area (Å²) in [7, 11) is 0. The number of nitrogens with zero attached hydrogens (tertiary/aromatic N) is 3. The van der Waals surface area contributed by atoms with Gasteiger partial charge in [-0.15, -0.1) is 0 Å². The van der Waals surface area contributed by atoms with Crippen molar-refractivity contribution in [2.45, 2.75) is 84.5 Å². The van der Waals surface area contributed by atoms with Gasteiger partial charge >= 0.3 is 0 Å². The van der Waals surface area contributed by atoms with E-state index in [9.17, 15) is 10.1 Å². The van der Waals surface area contributed by atoms with Crippen LogP contribution in [0, 0.1) is 30.0 Å². The second-order valence-electron chi connectivity index (χ2n) is 12.6. The van der Waals surface area contributed by atoms with E-state index in [1.165, 1.54) is 6.07 Å². The van der Waals surface area contributed by atoms with E-state index in [0.29, 0.717) is 35.1 Å². The number of H-pyrrole nitrogens is 1. The quantitative estimate of drug-likeness (QED) is 0.145. The number of carbonyl (C=O) groups excluding carboxylic acids is 1. The molecule has 2 aliphatic rings. The summed E-state index contributed by atoms with van der Waals surface area (Å²) in [5.74, 6) is -0.324. The Balaban J connectivity index is 1.16. The number of benzene rings is 2. The van der Waals surface area contributed by atoms with Crippen LogP contribution in [-0.4, -0.2) is 62.6 Å². The number of amides is 1. The third kappa shape index (κ3) is 7.79. The first-order valence-electron chi connectivity index (χ1n) is 16.9. The molecule has 3 heterocycles. The molecule has 0 aliphatic carbocycles. The molecule has 248 valence electrons. The lowest BCUT2D eigenvalue weighted by molar-refractivity contribution is -0.177. The molecule has 46 heavy (non-hydrogen) atoms. The van der Waals surface area contributed by atoms with Crippen LogP contribution in [0.15, 0.2) is 30.5 Å². The maximum atomic E-state index is 15.6. The smallest absolute Gasteiger partial charge is 0.251 e. The predicted molar refractivity (Wildman–Crippen MR) is 182 cm³/mol. The zero-order chi connectivity index (χ0) is 32.6. The molecule has 2 aliphatic heterocycles. The number of aryl methyl sites for hydroxylation is 1. The molecule has 3 aromatic rings. The average Bonchev–Trinajstić information content (AvgIpc) is 3.50. The van der Waals surface area contributed by atoms with E-state index in [4.69, 9.17) is 21.1 Å². The fourth-order valence-corrected chi connectivity index (χ4v) is 7.01. The Bertz CT molecular complexity index is 1490. The maximum absolute atomic E-state index is 15.6. The van der Waals surface area contributed by atoms with Crippen LogP contribution < -0.4 is 15.1 Å². The van der Waals surface area contributed by atoms with E-state index >= 15 is 4.39 Å². The monoisotopic (exact) mass is 651 g/mol. The van der Waals surface area contributed by atoms with Crippen molar-refractivity contribution in [1.29, 1.82) is 5.26 Å². The SMILES string of the molecule is CCCCOC(OCCCC)C1CCN(c2c(C)cc(C(=O)NC3CCN(c4ccc(Cl)c5c(C#N)c[nH]c45)CC3)cc2F)CC1. The lowest BCUT2D eigenvalue weighted by Gasteiger charge is -2.37. The number of aromatic nitrogens is 1. The number of aromatic amines is 1. The highest BCUT2D eigenvalue weighted by Gasteiger charge is 2.30. The van der Waals surface area contributed by atoms with Crippen LogP contribution in [-0.2, 0) is 9.47 Å². The standard InChI is InChI=1S/C36H47ClFN5O3/c1-4-6-18-45-36(46-19-7-5-2)25-10-14-43(15-11-25)34-24(3)20-26(21-30(34)38)35(44)41-28-12-16-42(17-13-28)31-9-8-29(37)32-27(22-39)23-40-33(31)32/h8-9,20-21,23,25,28,36,40H,4-7,10-19H2,1-3H3,(H,41,44). The van der Waals surface area contributed by atoms with E-state index < -0.39 is 0 Å². The molecule has 10 heteroatoms. The summed E-state index contributed by atoms with van der Waals surface area (Å²) in [6.45, 7) is 10.5. The van der Waals surface area contributed by atoms with Gasteiger partial charge in [0.05, 0.1) is 27.5 Å². The van der Waals surface area contributed by atoms with E-state index in [2.05, 4.69) is 40.0 Å². The van der Waals surface area contributed by atoms with Gasteiger partial charge in [0.25, 0.3) is 5.91 Å². The van der Waals surface area contributed by atoms with Crippen LogP contribution >= 0.6 is 11.6 Å². The number of nitriles is 1. The molecule has 1 aromatic heterocycles. The van der Waals surface area contributed by atoms with Crippen molar-refractivity contribution in [3.05, 3.63) is 58.0 Å². The summed E-state index contributed by atoms with van der Waals surface area (Å²) >= 11 is 6.39. The Labute approximate surface area is 277 Å². The lowest BCUT2D eigenvalue weighted by Crippen LogP contribution is -2.45. The minimum atomic E-state index is -0.359. The summed E-state index contributed by atoms with van der Waals surface area (Å²) in [6, 6.07) is 9.17. The molecule has 0 spiro atoms. The number of carbonyl (C=O) groups is 1. The number of piperidine rings is 2. The molecule has 2 saturated heterocycles. The molecule has 2 aromatic carbocycles. The molecule has 5 rings (SSSR count). The van der Waals surface area contributed by atoms with Crippen molar-refractivity contribution < 1.29 is 18.7 Å². The Hall–Kier alpha value is -3.32. The number of hydrogen-bond donors (Lipinski definition) is 2. The van der Waals surface area contributed by atoms with Crippen LogP contribution in [0.5, 0.6) is 0 Å². The molecule has 2 N–H and O–H groups in total. The highest BCUT2D eigenvalue weighted by atomic mass is 35.5. The Morgan fingerprint density at radius 2 is 1.72 bits per heavy atom. The zero-order valence-corrected chi connectivity index (χ0v) is 28.1. The van der Waals surface area contributed by atoms with Gasteiger partial charge in [0, 0.05) is 68.5 Å². The lowest BCUT2D eigenvalue weighted by atomic mass is 9.94. The maximum Gasteiger partial charge on any atom is 0.251 e. The molecule has 2 fully saturated rings. The third-order valence-corrected chi connectivity index (χ3v) is 9.69. The molecule has 0 saturated carbocycles. The number of rotatable bonds is 13. The Kier molecular flexibility index (Phi) is 11.8. The number of hydrogen-bond acceptors (Lipinski definition) is 6. The summed E-state index contributed by atoms with van der Waals surface area (Å²) in [5.41, 5.74) is 4.06. The summed E-state index contributed by atoms with van der Waals surface area (Å²) in [6.07, 6.45) is 8.92. The van der Waals surface area contributed by atoms with Gasteiger partial charge in [-0.1, -0.05) is 38.3 Å². The summed E-state index contributed by atoms with van der Waals surface area (Å²) < 4.78 is 27.9. The van der Waals surface area contributed by atoms with Crippen LogP contribution in [0.3, 0.4) is 0 Å². The number of ether oxygens (including phenoxy) is 2. The minimum Gasteiger partial charge on any atom is -0.370 e. The number of fused-ring (bicyclic) bond motifs is 1. The first-order valence-corrected chi connectivity index (χ1v) is 17.3. The second-order valence-corrected chi connectivity index (χ2v) is 13.0. The molecule has 1 amide bonds. The molecule has 0 atom stereocenters. The van der Waals surface area contributed by atoms with Crippen molar-refractivity contribution in [3.8, 4) is 6.07 Å². The predicted octanol–water partition coefficient (Wildman–Crippen LogP) is 7.72. The fourth-order valence-electron chi connectivity index (χ4n) is 6.75. The molecule has 0 bridgehead atoms. The van der Waals surface area contributed by atoms with Crippen molar-refractivity contribution in [3.63, 3.8) is 0 Å². The molecule has 0 radical (unpaired) electrons. The van der Waals surface area contributed by atoms with Crippen molar-refractivity contribution in [1.82, 2.24) is 10.3 Å². The minimum absolute atomic E-state index is 0.0149. The normalized spacial score (nSPS) is 16.4. The van der Waals surface area contributed by atoms with Gasteiger partial charge in [-0.2, -0.15) is 5.26 Å². The van der Waals surface area contributed by atoms with Gasteiger partial charge in [-0.25, -0.2) is 4.39 Å². The largest absolute Gasteiger partial charge is 0.370 e. The van der Waals surface area contributed by atoms with Gasteiger partial charge in [0.15, 0.2) is 6.29 Å². The topological polar surface area (TPSA) is 93.6 Å². The van der Waals surface area contributed by atoms with Crippen LogP contribution in [0.1, 0.15) is 86.7 Å². The van der Waals surface area contributed by atoms with Gasteiger partial charge in [0.1, 0.15) is 11.9 Å². The van der Waals surface area contributed by atoms with Crippen molar-refractivity contribution >= 4 is 39.8 Å². The van der Waals surface area contributed by atoms with Gasteiger partial charge in [-0.3, -0.25) is 4.79 Å². The first-order chi connectivity index (χ1) is 22.3. The van der Waals surface area contributed by atoms with Gasteiger partial charge in [-0.05, 0) is 75.3 Å². The number of nitrogens with one attached hydrogen (secondary N) is 2. The Morgan fingerprint density at radius 3 is 2.33 bits per heavy atom. The summed E-state index contributed by atoms with van der Waals surface area (Å²) in [5, 5.41) is 13.9. The average molecular weight is 652 g/mol. The zero-order valence-electron chi connectivity index (χ0n) is 27.3. The first kappa shape index (κ1) is 34.0.